The van der Waals surface area contributed by atoms with Crippen LogP contribution in [0.25, 0.3) is 0 Å². The fraction of sp³-hybridized carbons (Fsp3) is 1.00. The second kappa shape index (κ2) is 7.72. The van der Waals surface area contributed by atoms with Gasteiger partial charge in [0.05, 0.1) is 0 Å². The summed E-state index contributed by atoms with van der Waals surface area (Å²) in [7, 11) is 0. The molecule has 2 bridgehead atoms. The van der Waals surface area contributed by atoms with Gasteiger partial charge in [-0.15, -0.1) is 0 Å². The lowest BCUT2D eigenvalue weighted by Gasteiger charge is -2.44. The van der Waals surface area contributed by atoms with E-state index in [1.165, 1.54) is 84.2 Å². The zero-order chi connectivity index (χ0) is 18.3. The molecule has 3 atom stereocenters. The first-order valence-corrected chi connectivity index (χ1v) is 11.7. The minimum Gasteiger partial charge on any atom is -0.301 e. The van der Waals surface area contributed by atoms with Crippen molar-refractivity contribution in [2.75, 3.05) is 39.3 Å². The van der Waals surface area contributed by atoms with E-state index in [9.17, 15) is 0 Å². The summed E-state index contributed by atoms with van der Waals surface area (Å²) in [6, 6.07) is 2.55. The quantitative estimate of drug-likeness (QED) is 0.676. The van der Waals surface area contributed by atoms with Crippen molar-refractivity contribution in [2.45, 2.75) is 90.8 Å². The molecule has 4 rings (SSSR count). The SMILES string of the molecule is CC(C)CC1(CN2[C@@H]3CC[C@H]2CC(CN2CCN(C(C)C)CC2)C3)CC1. The number of nitrogens with zero attached hydrogens (tertiary/aromatic N) is 3. The van der Waals surface area contributed by atoms with E-state index in [2.05, 4.69) is 42.4 Å². The Balaban J connectivity index is 1.26. The molecule has 0 radical (unpaired) electrons. The van der Waals surface area contributed by atoms with Gasteiger partial charge in [-0.25, -0.2) is 0 Å². The Bertz CT molecular complexity index is 448. The lowest BCUT2D eigenvalue weighted by molar-refractivity contribution is 0.0455. The molecular formula is C23H43N3. The van der Waals surface area contributed by atoms with Crippen molar-refractivity contribution in [3.05, 3.63) is 0 Å². The molecule has 1 saturated carbocycles. The third-order valence-electron chi connectivity index (χ3n) is 7.95. The van der Waals surface area contributed by atoms with E-state index in [4.69, 9.17) is 0 Å². The van der Waals surface area contributed by atoms with Gasteiger partial charge in [-0.05, 0) is 76.0 Å². The van der Waals surface area contributed by atoms with Crippen LogP contribution in [0.5, 0.6) is 0 Å². The Morgan fingerprint density at radius 3 is 2.00 bits per heavy atom. The fourth-order valence-corrected chi connectivity index (χ4v) is 6.48. The summed E-state index contributed by atoms with van der Waals surface area (Å²) >= 11 is 0. The molecule has 150 valence electrons. The number of piperazine rings is 1. The molecule has 0 aromatic heterocycles. The first-order valence-electron chi connectivity index (χ1n) is 11.7. The number of fused-ring (bicyclic) bond motifs is 2. The summed E-state index contributed by atoms with van der Waals surface area (Å²) in [4.78, 5) is 8.41. The number of rotatable bonds is 7. The first-order chi connectivity index (χ1) is 12.4. The summed E-state index contributed by atoms with van der Waals surface area (Å²) in [5, 5.41) is 0. The van der Waals surface area contributed by atoms with Crippen LogP contribution in [0, 0.1) is 17.3 Å². The minimum absolute atomic E-state index is 0.717. The molecular weight excluding hydrogens is 318 g/mol. The Kier molecular flexibility index (Phi) is 5.70. The Morgan fingerprint density at radius 1 is 0.885 bits per heavy atom. The van der Waals surface area contributed by atoms with Gasteiger partial charge < -0.3 is 4.90 Å². The average molecular weight is 362 g/mol. The van der Waals surface area contributed by atoms with Crippen molar-refractivity contribution in [1.29, 1.82) is 0 Å². The van der Waals surface area contributed by atoms with Gasteiger partial charge in [0, 0.05) is 57.4 Å². The Labute approximate surface area is 162 Å². The molecule has 0 aromatic rings. The highest BCUT2D eigenvalue weighted by Gasteiger charge is 2.49. The number of hydrogen-bond acceptors (Lipinski definition) is 3. The van der Waals surface area contributed by atoms with Gasteiger partial charge in [-0.1, -0.05) is 13.8 Å². The van der Waals surface area contributed by atoms with E-state index in [1.807, 2.05) is 0 Å². The van der Waals surface area contributed by atoms with Gasteiger partial charge in [0.1, 0.15) is 0 Å². The summed E-state index contributed by atoms with van der Waals surface area (Å²) in [6.07, 6.45) is 10.4. The van der Waals surface area contributed by atoms with Gasteiger partial charge in [-0.2, -0.15) is 0 Å². The van der Waals surface area contributed by atoms with Crippen LogP contribution < -0.4 is 0 Å². The maximum Gasteiger partial charge on any atom is 0.0113 e. The van der Waals surface area contributed by atoms with Gasteiger partial charge in [0.2, 0.25) is 0 Å². The number of hydrogen-bond donors (Lipinski definition) is 0. The van der Waals surface area contributed by atoms with Crippen LogP contribution >= 0.6 is 0 Å². The van der Waals surface area contributed by atoms with Crippen LogP contribution in [0.1, 0.15) is 72.6 Å². The third-order valence-corrected chi connectivity index (χ3v) is 7.95. The molecule has 0 amide bonds. The van der Waals surface area contributed by atoms with Crippen LogP contribution in [0.2, 0.25) is 0 Å². The van der Waals surface area contributed by atoms with Crippen molar-refractivity contribution < 1.29 is 0 Å². The van der Waals surface area contributed by atoms with Gasteiger partial charge in [0.25, 0.3) is 0 Å². The van der Waals surface area contributed by atoms with E-state index in [1.54, 1.807) is 0 Å². The maximum absolute atomic E-state index is 2.99. The van der Waals surface area contributed by atoms with E-state index in [-0.39, 0.29) is 0 Å². The van der Waals surface area contributed by atoms with Crippen molar-refractivity contribution in [3.63, 3.8) is 0 Å². The van der Waals surface area contributed by atoms with Crippen molar-refractivity contribution in [1.82, 2.24) is 14.7 Å². The second-order valence-corrected chi connectivity index (χ2v) is 10.9. The molecule has 0 spiro atoms. The number of piperidine rings is 1. The molecule has 4 fully saturated rings. The van der Waals surface area contributed by atoms with Gasteiger partial charge in [0.15, 0.2) is 0 Å². The molecule has 26 heavy (non-hydrogen) atoms. The fourth-order valence-electron chi connectivity index (χ4n) is 6.48. The van der Waals surface area contributed by atoms with Gasteiger partial charge >= 0.3 is 0 Å². The monoisotopic (exact) mass is 361 g/mol. The van der Waals surface area contributed by atoms with Crippen molar-refractivity contribution in [3.8, 4) is 0 Å². The minimum atomic E-state index is 0.717. The van der Waals surface area contributed by atoms with Crippen LogP contribution in [-0.4, -0.2) is 72.1 Å². The summed E-state index contributed by atoms with van der Waals surface area (Å²) in [5.41, 5.74) is 0.717. The largest absolute Gasteiger partial charge is 0.301 e. The molecule has 0 N–H and O–H groups in total. The topological polar surface area (TPSA) is 9.72 Å². The highest BCUT2D eigenvalue weighted by Crippen LogP contribution is 2.53. The smallest absolute Gasteiger partial charge is 0.0113 e. The van der Waals surface area contributed by atoms with Crippen molar-refractivity contribution in [2.24, 2.45) is 17.3 Å². The molecule has 3 nitrogen and oxygen atoms in total. The lowest BCUT2D eigenvalue weighted by atomic mass is 9.87. The van der Waals surface area contributed by atoms with Crippen LogP contribution in [0.15, 0.2) is 0 Å². The summed E-state index contributed by atoms with van der Waals surface area (Å²) in [5.74, 6) is 1.84. The molecule has 0 aromatic carbocycles. The molecule has 1 aliphatic carbocycles. The van der Waals surface area contributed by atoms with E-state index in [0.717, 1.165) is 35.4 Å². The molecule has 3 saturated heterocycles. The van der Waals surface area contributed by atoms with E-state index >= 15 is 0 Å². The van der Waals surface area contributed by atoms with Gasteiger partial charge in [-0.3, -0.25) is 9.80 Å². The predicted octanol–water partition coefficient (Wildman–Crippen LogP) is 4.08. The molecule has 3 aliphatic heterocycles. The standard InChI is InChI=1S/C23H43N3/c1-18(2)15-23(7-8-23)17-26-21-5-6-22(26)14-20(13-21)16-24-9-11-25(12-10-24)19(3)4/h18-22H,5-17H2,1-4H3/t20?,21-,22+. The molecule has 4 aliphatic rings. The predicted molar refractivity (Wildman–Crippen MR) is 111 cm³/mol. The maximum atomic E-state index is 2.99. The summed E-state index contributed by atoms with van der Waals surface area (Å²) < 4.78 is 0. The van der Waals surface area contributed by atoms with E-state index in [0.29, 0.717) is 0 Å². The Morgan fingerprint density at radius 2 is 1.50 bits per heavy atom. The van der Waals surface area contributed by atoms with Crippen LogP contribution in [0.4, 0.5) is 0 Å². The van der Waals surface area contributed by atoms with Crippen molar-refractivity contribution >= 4 is 0 Å². The average Bonchev–Trinajstić information content (AvgIpc) is 3.29. The lowest BCUT2D eigenvalue weighted by Crippen LogP contribution is -2.52. The van der Waals surface area contributed by atoms with E-state index < -0.39 is 0 Å². The molecule has 3 heterocycles. The van der Waals surface area contributed by atoms with Crippen LogP contribution in [-0.2, 0) is 0 Å². The second-order valence-electron chi connectivity index (χ2n) is 10.9. The Hall–Kier alpha value is -0.120. The first kappa shape index (κ1) is 19.2. The molecule has 3 heteroatoms. The van der Waals surface area contributed by atoms with Crippen LogP contribution in [0.3, 0.4) is 0 Å². The highest BCUT2D eigenvalue weighted by atomic mass is 15.3. The zero-order valence-corrected chi connectivity index (χ0v) is 17.9. The zero-order valence-electron chi connectivity index (χ0n) is 17.9. The molecule has 1 unspecified atom stereocenters. The normalized spacial score (nSPS) is 35.5. The highest BCUT2D eigenvalue weighted by molar-refractivity contribution is 5.03. The third kappa shape index (κ3) is 4.31. The summed E-state index contributed by atoms with van der Waals surface area (Å²) in [6.45, 7) is 17.5.